The molecule has 0 bridgehead atoms. The van der Waals surface area contributed by atoms with Gasteiger partial charge in [0.05, 0.1) is 0 Å². The highest BCUT2D eigenvalue weighted by molar-refractivity contribution is 9.09. The molecule has 1 saturated carbocycles. The molecule has 5 heteroatoms. The Bertz CT molecular complexity index is 405. The fourth-order valence-electron chi connectivity index (χ4n) is 2.40. The molecule has 1 aromatic carbocycles. The highest BCUT2D eigenvalue weighted by Gasteiger charge is 2.31. The minimum absolute atomic E-state index is 0.128. The van der Waals surface area contributed by atoms with Crippen LogP contribution >= 0.6 is 15.9 Å². The summed E-state index contributed by atoms with van der Waals surface area (Å²) in [7, 11) is 0. The molecule has 1 aliphatic carbocycles. The van der Waals surface area contributed by atoms with E-state index in [1.807, 2.05) is 6.07 Å². The van der Waals surface area contributed by atoms with Gasteiger partial charge in [0.15, 0.2) is 0 Å². The van der Waals surface area contributed by atoms with Crippen LogP contribution in [-0.2, 0) is 0 Å². The van der Waals surface area contributed by atoms with Crippen LogP contribution in [0.5, 0.6) is 5.75 Å². The highest BCUT2D eigenvalue weighted by atomic mass is 79.9. The topological polar surface area (TPSA) is 9.23 Å². The van der Waals surface area contributed by atoms with Crippen LogP contribution in [0.25, 0.3) is 0 Å². The molecule has 1 aliphatic rings. The smallest absolute Gasteiger partial charge is 0.406 e. The van der Waals surface area contributed by atoms with Crippen LogP contribution < -0.4 is 4.74 Å². The molecule has 0 saturated heterocycles. The number of hydrogen-bond acceptors (Lipinski definition) is 1. The van der Waals surface area contributed by atoms with E-state index >= 15 is 0 Å². The maximum absolute atomic E-state index is 12.1. The molecule has 2 atom stereocenters. The van der Waals surface area contributed by atoms with Crippen molar-refractivity contribution in [2.45, 2.75) is 42.8 Å². The number of ether oxygens (including phenoxy) is 1. The molecule has 0 N–H and O–H groups in total. The van der Waals surface area contributed by atoms with Crippen LogP contribution in [0, 0.1) is 0 Å². The molecule has 1 nitrogen and oxygen atoms in total. The van der Waals surface area contributed by atoms with Gasteiger partial charge in [-0.15, -0.1) is 13.2 Å². The zero-order valence-corrected chi connectivity index (χ0v) is 11.3. The van der Waals surface area contributed by atoms with E-state index in [2.05, 4.69) is 20.7 Å². The molecule has 0 aliphatic heterocycles. The van der Waals surface area contributed by atoms with Gasteiger partial charge in [0.1, 0.15) is 5.75 Å². The third-order valence-corrected chi connectivity index (χ3v) is 4.00. The lowest BCUT2D eigenvalue weighted by molar-refractivity contribution is -0.274. The molecule has 18 heavy (non-hydrogen) atoms. The Balaban J connectivity index is 2.11. The fraction of sp³-hybridized carbons (Fsp3) is 0.538. The third-order valence-electron chi connectivity index (χ3n) is 3.17. The van der Waals surface area contributed by atoms with Gasteiger partial charge in [-0.05, 0) is 42.9 Å². The van der Waals surface area contributed by atoms with E-state index in [-0.39, 0.29) is 5.75 Å². The fourth-order valence-corrected chi connectivity index (χ4v) is 3.17. The van der Waals surface area contributed by atoms with Gasteiger partial charge in [0, 0.05) is 4.83 Å². The monoisotopic (exact) mass is 322 g/mol. The summed E-state index contributed by atoms with van der Waals surface area (Å²) < 4.78 is 40.4. The molecule has 0 aromatic heterocycles. The third kappa shape index (κ3) is 3.90. The Hall–Kier alpha value is -0.710. The summed E-state index contributed by atoms with van der Waals surface area (Å²) in [5.74, 6) is 0.191. The van der Waals surface area contributed by atoms with E-state index in [4.69, 9.17) is 0 Å². The Morgan fingerprint density at radius 3 is 2.67 bits per heavy atom. The summed E-state index contributed by atoms with van der Waals surface area (Å²) in [6.45, 7) is 0. The number of alkyl halides is 4. The van der Waals surface area contributed by atoms with Crippen molar-refractivity contribution < 1.29 is 17.9 Å². The van der Waals surface area contributed by atoms with Crippen molar-refractivity contribution in [2.75, 3.05) is 0 Å². The van der Waals surface area contributed by atoms with Crippen LogP contribution in [0.1, 0.15) is 37.2 Å². The maximum atomic E-state index is 12.1. The van der Waals surface area contributed by atoms with Crippen LogP contribution in [-0.4, -0.2) is 11.2 Å². The quantitative estimate of drug-likeness (QED) is 0.696. The predicted molar refractivity (Wildman–Crippen MR) is 67.0 cm³/mol. The number of hydrogen-bond donors (Lipinski definition) is 0. The Labute approximate surface area is 112 Å². The van der Waals surface area contributed by atoms with Gasteiger partial charge in [-0.3, -0.25) is 0 Å². The van der Waals surface area contributed by atoms with Gasteiger partial charge < -0.3 is 4.74 Å². The van der Waals surface area contributed by atoms with Crippen LogP contribution in [0.4, 0.5) is 13.2 Å². The lowest BCUT2D eigenvalue weighted by Crippen LogP contribution is -2.18. The molecule has 1 fully saturated rings. The van der Waals surface area contributed by atoms with Crippen molar-refractivity contribution in [3.63, 3.8) is 0 Å². The van der Waals surface area contributed by atoms with Crippen LogP contribution in [0.15, 0.2) is 24.3 Å². The van der Waals surface area contributed by atoms with Crippen molar-refractivity contribution in [3.05, 3.63) is 29.8 Å². The molecule has 2 rings (SSSR count). The molecular weight excluding hydrogens is 309 g/mol. The van der Waals surface area contributed by atoms with Gasteiger partial charge in [0.25, 0.3) is 0 Å². The van der Waals surface area contributed by atoms with E-state index in [0.29, 0.717) is 10.7 Å². The second-order valence-electron chi connectivity index (χ2n) is 4.58. The average Bonchev–Trinajstić information content (AvgIpc) is 2.27. The normalized spacial score (nSPS) is 24.9. The number of benzene rings is 1. The summed E-state index contributed by atoms with van der Waals surface area (Å²) in [5.41, 5.74) is 0.931. The first-order chi connectivity index (χ1) is 8.44. The molecular formula is C13H14BrF3O. The number of halogens is 4. The minimum Gasteiger partial charge on any atom is -0.406 e. The van der Waals surface area contributed by atoms with Gasteiger partial charge >= 0.3 is 6.36 Å². The van der Waals surface area contributed by atoms with Crippen LogP contribution in [0.2, 0.25) is 0 Å². The molecule has 0 spiro atoms. The van der Waals surface area contributed by atoms with E-state index in [1.54, 1.807) is 6.07 Å². The predicted octanol–water partition coefficient (Wildman–Crippen LogP) is 5.01. The minimum atomic E-state index is -4.62. The summed E-state index contributed by atoms with van der Waals surface area (Å²) in [6, 6.07) is 6.34. The van der Waals surface area contributed by atoms with E-state index < -0.39 is 6.36 Å². The molecule has 1 aromatic rings. The van der Waals surface area contributed by atoms with E-state index in [9.17, 15) is 13.2 Å². The van der Waals surface area contributed by atoms with E-state index in [0.717, 1.165) is 31.2 Å². The van der Waals surface area contributed by atoms with Gasteiger partial charge in [-0.1, -0.05) is 34.5 Å². The first-order valence-corrected chi connectivity index (χ1v) is 6.85. The highest BCUT2D eigenvalue weighted by Crippen LogP contribution is 2.37. The summed E-state index contributed by atoms with van der Waals surface area (Å²) in [5, 5.41) is 0. The molecule has 0 radical (unpaired) electrons. The van der Waals surface area contributed by atoms with Crippen molar-refractivity contribution in [1.82, 2.24) is 0 Å². The lowest BCUT2D eigenvalue weighted by atomic mass is 9.84. The van der Waals surface area contributed by atoms with Gasteiger partial charge in [-0.2, -0.15) is 0 Å². The van der Waals surface area contributed by atoms with Gasteiger partial charge in [0.2, 0.25) is 0 Å². The molecule has 2 unspecified atom stereocenters. The first-order valence-electron chi connectivity index (χ1n) is 5.94. The SMILES string of the molecule is FC(F)(F)Oc1cccc(C2CCCC(Br)C2)c1. The first kappa shape index (κ1) is 13.7. The molecule has 100 valence electrons. The van der Waals surface area contributed by atoms with Crippen molar-refractivity contribution in [2.24, 2.45) is 0 Å². The van der Waals surface area contributed by atoms with Gasteiger partial charge in [-0.25, -0.2) is 0 Å². The van der Waals surface area contributed by atoms with Crippen LogP contribution in [0.3, 0.4) is 0 Å². The maximum Gasteiger partial charge on any atom is 0.573 e. The zero-order chi connectivity index (χ0) is 13.2. The molecule has 0 amide bonds. The molecule has 0 heterocycles. The largest absolute Gasteiger partial charge is 0.573 e. The second kappa shape index (κ2) is 5.51. The van der Waals surface area contributed by atoms with E-state index in [1.165, 1.54) is 12.1 Å². The Morgan fingerprint density at radius 1 is 1.22 bits per heavy atom. The second-order valence-corrected chi connectivity index (χ2v) is 5.88. The van der Waals surface area contributed by atoms with Crippen molar-refractivity contribution in [3.8, 4) is 5.75 Å². The van der Waals surface area contributed by atoms with Crippen molar-refractivity contribution >= 4 is 15.9 Å². The zero-order valence-electron chi connectivity index (χ0n) is 9.71. The Kier molecular flexibility index (Phi) is 4.20. The summed E-state index contributed by atoms with van der Waals surface area (Å²) in [4.78, 5) is 0.462. The Morgan fingerprint density at radius 2 is 2.00 bits per heavy atom. The van der Waals surface area contributed by atoms with Crippen molar-refractivity contribution in [1.29, 1.82) is 0 Å². The standard InChI is InChI=1S/C13H14BrF3O/c14-11-5-1-3-9(7-11)10-4-2-6-12(8-10)18-13(15,16)17/h2,4,6,8-9,11H,1,3,5,7H2. The lowest BCUT2D eigenvalue weighted by Gasteiger charge is -2.26. The summed E-state index contributed by atoms with van der Waals surface area (Å²) >= 11 is 3.58. The summed E-state index contributed by atoms with van der Waals surface area (Å²) in [6.07, 6.45) is -0.392. The average molecular weight is 323 g/mol. The number of rotatable bonds is 2.